The Bertz CT molecular complexity index is 258. The molecule has 0 bridgehead atoms. The van der Waals surface area contributed by atoms with Crippen molar-refractivity contribution >= 4 is 12.2 Å². The summed E-state index contributed by atoms with van der Waals surface area (Å²) in [4.78, 5) is 21.8. The van der Waals surface area contributed by atoms with E-state index in [4.69, 9.17) is 0 Å². The topological polar surface area (TPSA) is 46.2 Å². The van der Waals surface area contributed by atoms with Gasteiger partial charge in [-0.2, -0.15) is 0 Å². The van der Waals surface area contributed by atoms with Crippen LogP contribution < -0.4 is 5.32 Å². The lowest BCUT2D eigenvalue weighted by Crippen LogP contribution is -2.32. The number of nitrogens with one attached hydrogen (secondary N) is 1. The van der Waals surface area contributed by atoms with Crippen LogP contribution in [0.3, 0.4) is 0 Å². The Kier molecular flexibility index (Phi) is 5.08. The summed E-state index contributed by atoms with van der Waals surface area (Å²) in [5.41, 5.74) is 1.25. The molecule has 0 heterocycles. The van der Waals surface area contributed by atoms with Crippen LogP contribution in [0.4, 0.5) is 0 Å². The van der Waals surface area contributed by atoms with E-state index in [1.54, 1.807) is 0 Å². The lowest BCUT2D eigenvalue weighted by Gasteiger charge is -2.14. The van der Waals surface area contributed by atoms with E-state index in [9.17, 15) is 9.59 Å². The Balaban J connectivity index is 2.28. The minimum Gasteiger partial charge on any atom is -0.353 e. The fourth-order valence-corrected chi connectivity index (χ4v) is 1.80. The van der Waals surface area contributed by atoms with Gasteiger partial charge in [-0.25, -0.2) is 0 Å². The Labute approximate surface area is 90.9 Å². The quantitative estimate of drug-likeness (QED) is 0.556. The molecular weight excluding hydrogens is 190 g/mol. The summed E-state index contributed by atoms with van der Waals surface area (Å²) in [6.45, 7) is 1.85. The summed E-state index contributed by atoms with van der Waals surface area (Å²) in [7, 11) is 0. The van der Waals surface area contributed by atoms with Crippen LogP contribution >= 0.6 is 0 Å². The molecule has 0 spiro atoms. The highest BCUT2D eigenvalue weighted by atomic mass is 16.1. The van der Waals surface area contributed by atoms with Crippen molar-refractivity contribution in [1.29, 1.82) is 0 Å². The summed E-state index contributed by atoms with van der Waals surface area (Å²) < 4.78 is 0. The maximum absolute atomic E-state index is 11.5. The molecule has 1 atom stereocenters. The van der Waals surface area contributed by atoms with Gasteiger partial charge in [0, 0.05) is 18.9 Å². The zero-order valence-electron chi connectivity index (χ0n) is 9.29. The summed E-state index contributed by atoms with van der Waals surface area (Å²) >= 11 is 0. The smallest absolute Gasteiger partial charge is 0.224 e. The molecule has 0 saturated heterocycles. The third-order valence-electron chi connectivity index (χ3n) is 2.63. The minimum absolute atomic E-state index is 0.0394. The largest absolute Gasteiger partial charge is 0.353 e. The number of hydrogen-bond donors (Lipinski definition) is 1. The van der Waals surface area contributed by atoms with E-state index in [1.165, 1.54) is 18.4 Å². The van der Waals surface area contributed by atoms with Gasteiger partial charge < -0.3 is 10.1 Å². The highest BCUT2D eigenvalue weighted by Crippen LogP contribution is 2.19. The number of amides is 1. The second-order valence-corrected chi connectivity index (χ2v) is 4.16. The van der Waals surface area contributed by atoms with Crippen molar-refractivity contribution < 1.29 is 9.59 Å². The van der Waals surface area contributed by atoms with Gasteiger partial charge in [0.2, 0.25) is 5.91 Å². The van der Waals surface area contributed by atoms with Gasteiger partial charge >= 0.3 is 0 Å². The molecule has 0 aromatic carbocycles. The third kappa shape index (κ3) is 4.77. The number of carbonyl (C=O) groups is 2. The first kappa shape index (κ1) is 12.0. The first-order chi connectivity index (χ1) is 7.22. The predicted molar refractivity (Wildman–Crippen MR) is 59.5 cm³/mol. The summed E-state index contributed by atoms with van der Waals surface area (Å²) in [6.07, 6.45) is 8.50. The van der Waals surface area contributed by atoms with E-state index >= 15 is 0 Å². The van der Waals surface area contributed by atoms with Gasteiger partial charge in [0.15, 0.2) is 0 Å². The van der Waals surface area contributed by atoms with Crippen LogP contribution in [0.15, 0.2) is 11.6 Å². The first-order valence-corrected chi connectivity index (χ1v) is 5.63. The first-order valence-electron chi connectivity index (χ1n) is 5.63. The number of carbonyl (C=O) groups excluding carboxylic acids is 2. The van der Waals surface area contributed by atoms with Crippen molar-refractivity contribution in [3.8, 4) is 0 Å². The van der Waals surface area contributed by atoms with E-state index in [-0.39, 0.29) is 11.9 Å². The summed E-state index contributed by atoms with van der Waals surface area (Å²) in [5.74, 6) is 0.0394. The molecule has 1 N–H and O–H groups in total. The van der Waals surface area contributed by atoms with Crippen molar-refractivity contribution in [3.63, 3.8) is 0 Å². The van der Waals surface area contributed by atoms with Crippen LogP contribution in [0.2, 0.25) is 0 Å². The van der Waals surface area contributed by atoms with Crippen molar-refractivity contribution in [2.24, 2.45) is 0 Å². The standard InChI is InChI=1S/C12H19NO2/c1-10(7-8-14)13-12(15)9-11-5-3-2-4-6-11/h5,8,10H,2-4,6-7,9H2,1H3,(H,13,15). The highest BCUT2D eigenvalue weighted by Gasteiger charge is 2.10. The fourth-order valence-electron chi connectivity index (χ4n) is 1.80. The lowest BCUT2D eigenvalue weighted by molar-refractivity contribution is -0.121. The molecule has 1 rings (SSSR count). The molecule has 1 aliphatic carbocycles. The molecule has 0 aromatic heterocycles. The minimum atomic E-state index is -0.0424. The van der Waals surface area contributed by atoms with Crippen molar-refractivity contribution in [2.45, 2.75) is 51.5 Å². The fraction of sp³-hybridized carbons (Fsp3) is 0.667. The van der Waals surface area contributed by atoms with E-state index in [1.807, 2.05) is 6.92 Å². The molecule has 15 heavy (non-hydrogen) atoms. The molecule has 3 heteroatoms. The van der Waals surface area contributed by atoms with Crippen LogP contribution in [0.1, 0.15) is 45.4 Å². The maximum Gasteiger partial charge on any atom is 0.224 e. The van der Waals surface area contributed by atoms with Gasteiger partial charge in [0.05, 0.1) is 0 Å². The number of hydrogen-bond acceptors (Lipinski definition) is 2. The third-order valence-corrected chi connectivity index (χ3v) is 2.63. The Hall–Kier alpha value is -1.12. The Morgan fingerprint density at radius 2 is 2.40 bits per heavy atom. The van der Waals surface area contributed by atoms with Gasteiger partial charge in [0.25, 0.3) is 0 Å². The summed E-state index contributed by atoms with van der Waals surface area (Å²) in [6, 6.07) is -0.0424. The molecule has 1 aliphatic rings. The van der Waals surface area contributed by atoms with E-state index in [2.05, 4.69) is 11.4 Å². The molecule has 1 unspecified atom stereocenters. The zero-order valence-corrected chi connectivity index (χ0v) is 9.29. The molecular formula is C12H19NO2. The highest BCUT2D eigenvalue weighted by molar-refractivity contribution is 5.79. The van der Waals surface area contributed by atoms with Crippen LogP contribution in [0, 0.1) is 0 Å². The molecule has 0 aromatic rings. The van der Waals surface area contributed by atoms with Crippen LogP contribution in [-0.2, 0) is 9.59 Å². The Morgan fingerprint density at radius 1 is 1.60 bits per heavy atom. The predicted octanol–water partition coefficient (Wildman–Crippen LogP) is 1.97. The average molecular weight is 209 g/mol. The van der Waals surface area contributed by atoms with Gasteiger partial charge in [-0.3, -0.25) is 4.79 Å². The lowest BCUT2D eigenvalue weighted by atomic mass is 9.97. The SMILES string of the molecule is CC(CC=O)NC(=O)CC1=CCCCC1. The monoisotopic (exact) mass is 209 g/mol. The molecule has 0 fully saturated rings. The molecule has 3 nitrogen and oxygen atoms in total. The van der Waals surface area contributed by atoms with E-state index < -0.39 is 0 Å². The molecule has 1 amide bonds. The normalized spacial score (nSPS) is 17.8. The van der Waals surface area contributed by atoms with Gasteiger partial charge in [-0.1, -0.05) is 11.6 Å². The molecule has 84 valence electrons. The van der Waals surface area contributed by atoms with Gasteiger partial charge in [-0.05, 0) is 32.6 Å². The number of allylic oxidation sites excluding steroid dienone is 1. The number of aldehydes is 1. The second-order valence-electron chi connectivity index (χ2n) is 4.16. The maximum atomic E-state index is 11.5. The van der Waals surface area contributed by atoms with Crippen molar-refractivity contribution in [1.82, 2.24) is 5.32 Å². The van der Waals surface area contributed by atoms with Crippen LogP contribution in [0.25, 0.3) is 0 Å². The summed E-state index contributed by atoms with van der Waals surface area (Å²) in [5, 5.41) is 2.82. The van der Waals surface area contributed by atoms with E-state index in [0.29, 0.717) is 12.8 Å². The van der Waals surface area contributed by atoms with Crippen LogP contribution in [-0.4, -0.2) is 18.2 Å². The average Bonchev–Trinajstić information content (AvgIpc) is 2.19. The van der Waals surface area contributed by atoms with Gasteiger partial charge in [0.1, 0.15) is 6.29 Å². The second kappa shape index (κ2) is 6.38. The zero-order chi connectivity index (χ0) is 11.1. The van der Waals surface area contributed by atoms with Crippen molar-refractivity contribution in [3.05, 3.63) is 11.6 Å². The van der Waals surface area contributed by atoms with Crippen LogP contribution in [0.5, 0.6) is 0 Å². The molecule has 0 aliphatic heterocycles. The Morgan fingerprint density at radius 3 is 3.00 bits per heavy atom. The molecule has 0 radical (unpaired) electrons. The van der Waals surface area contributed by atoms with E-state index in [0.717, 1.165) is 19.1 Å². The molecule has 0 saturated carbocycles. The van der Waals surface area contributed by atoms with Crippen molar-refractivity contribution in [2.75, 3.05) is 0 Å². The number of rotatable bonds is 5. The van der Waals surface area contributed by atoms with Gasteiger partial charge in [-0.15, -0.1) is 0 Å².